The first kappa shape index (κ1) is 11.2. The summed E-state index contributed by atoms with van der Waals surface area (Å²) >= 11 is 1.56. The number of rotatable bonds is 3. The van der Waals surface area contributed by atoms with Crippen LogP contribution in [-0.4, -0.2) is 10.1 Å². The Morgan fingerprint density at radius 2 is 2.28 bits per heavy atom. The molecule has 18 heavy (non-hydrogen) atoms. The summed E-state index contributed by atoms with van der Waals surface area (Å²) in [6, 6.07) is 5.32. The molecule has 0 radical (unpaired) electrons. The summed E-state index contributed by atoms with van der Waals surface area (Å²) in [5, 5.41) is 5.89. The van der Waals surface area contributed by atoms with Gasteiger partial charge in [0.05, 0.1) is 11.8 Å². The Bertz CT molecular complexity index is 642. The third kappa shape index (κ3) is 1.85. The SMILES string of the molecule is Cc1occc1-c1noc(C(N)c2cccs2)n1. The summed E-state index contributed by atoms with van der Waals surface area (Å²) in [6.07, 6.45) is 1.60. The van der Waals surface area contributed by atoms with E-state index in [2.05, 4.69) is 10.1 Å². The highest BCUT2D eigenvalue weighted by Gasteiger charge is 2.19. The van der Waals surface area contributed by atoms with E-state index in [-0.39, 0.29) is 6.04 Å². The van der Waals surface area contributed by atoms with Gasteiger partial charge in [-0.1, -0.05) is 11.2 Å². The maximum Gasteiger partial charge on any atom is 0.249 e. The number of aromatic nitrogens is 2. The molecule has 1 unspecified atom stereocenters. The predicted octanol–water partition coefficient (Wildman–Crippen LogP) is 2.75. The quantitative estimate of drug-likeness (QED) is 0.784. The van der Waals surface area contributed by atoms with E-state index < -0.39 is 0 Å². The van der Waals surface area contributed by atoms with E-state index in [0.717, 1.165) is 16.2 Å². The van der Waals surface area contributed by atoms with Gasteiger partial charge in [0.1, 0.15) is 11.8 Å². The maximum absolute atomic E-state index is 6.06. The molecule has 0 fully saturated rings. The van der Waals surface area contributed by atoms with E-state index in [0.29, 0.717) is 11.7 Å². The number of hydrogen-bond acceptors (Lipinski definition) is 6. The van der Waals surface area contributed by atoms with Crippen LogP contribution in [0.5, 0.6) is 0 Å². The number of thiophene rings is 1. The van der Waals surface area contributed by atoms with E-state index >= 15 is 0 Å². The van der Waals surface area contributed by atoms with Gasteiger partial charge in [-0.25, -0.2) is 0 Å². The van der Waals surface area contributed by atoms with E-state index in [9.17, 15) is 0 Å². The van der Waals surface area contributed by atoms with Crippen LogP contribution in [0.1, 0.15) is 22.6 Å². The van der Waals surface area contributed by atoms with Crippen LogP contribution < -0.4 is 5.73 Å². The second-order valence-electron chi connectivity index (χ2n) is 3.84. The highest BCUT2D eigenvalue weighted by atomic mass is 32.1. The molecule has 0 aromatic carbocycles. The van der Waals surface area contributed by atoms with Crippen LogP contribution in [0.4, 0.5) is 0 Å². The van der Waals surface area contributed by atoms with Crippen LogP contribution in [0.15, 0.2) is 38.8 Å². The molecule has 2 N–H and O–H groups in total. The summed E-state index contributed by atoms with van der Waals surface area (Å²) in [7, 11) is 0. The fourth-order valence-corrected chi connectivity index (χ4v) is 2.40. The largest absolute Gasteiger partial charge is 0.469 e. The minimum atomic E-state index is -0.376. The standard InChI is InChI=1S/C12H11N3O2S/c1-7-8(4-5-16-7)11-14-12(17-15-11)10(13)9-3-2-6-18-9/h2-6,10H,13H2,1H3. The lowest BCUT2D eigenvalue weighted by atomic mass is 10.2. The fourth-order valence-electron chi connectivity index (χ4n) is 1.68. The van der Waals surface area contributed by atoms with Crippen LogP contribution in [0.25, 0.3) is 11.4 Å². The molecular weight excluding hydrogens is 250 g/mol. The van der Waals surface area contributed by atoms with E-state index in [1.165, 1.54) is 0 Å². The lowest BCUT2D eigenvalue weighted by molar-refractivity contribution is 0.368. The average molecular weight is 261 g/mol. The van der Waals surface area contributed by atoms with Gasteiger partial charge in [0.25, 0.3) is 0 Å². The lowest BCUT2D eigenvalue weighted by Crippen LogP contribution is -2.10. The van der Waals surface area contributed by atoms with Gasteiger partial charge in [0.15, 0.2) is 0 Å². The Morgan fingerprint density at radius 3 is 2.94 bits per heavy atom. The molecule has 0 bridgehead atoms. The number of furan rings is 1. The second-order valence-corrected chi connectivity index (χ2v) is 4.82. The first-order valence-corrected chi connectivity index (χ1v) is 6.30. The van der Waals surface area contributed by atoms with E-state index in [4.69, 9.17) is 14.7 Å². The number of aryl methyl sites for hydroxylation is 1. The first-order valence-electron chi connectivity index (χ1n) is 5.43. The molecule has 3 aromatic rings. The summed E-state index contributed by atoms with van der Waals surface area (Å²) in [6.45, 7) is 1.85. The van der Waals surface area contributed by atoms with Crippen LogP contribution in [0.3, 0.4) is 0 Å². The minimum absolute atomic E-state index is 0.376. The molecule has 0 saturated heterocycles. The maximum atomic E-state index is 6.06. The zero-order chi connectivity index (χ0) is 12.5. The number of nitrogens with zero attached hydrogens (tertiary/aromatic N) is 2. The van der Waals surface area contributed by atoms with Crippen LogP contribution in [0.2, 0.25) is 0 Å². The van der Waals surface area contributed by atoms with Crippen molar-refractivity contribution in [1.29, 1.82) is 0 Å². The molecule has 0 aliphatic carbocycles. The van der Waals surface area contributed by atoms with Crippen molar-refractivity contribution in [3.05, 3.63) is 46.4 Å². The highest BCUT2D eigenvalue weighted by Crippen LogP contribution is 2.26. The van der Waals surface area contributed by atoms with Gasteiger partial charge < -0.3 is 14.7 Å². The summed E-state index contributed by atoms with van der Waals surface area (Å²) in [5.41, 5.74) is 6.88. The van der Waals surface area contributed by atoms with Gasteiger partial charge in [-0.15, -0.1) is 11.3 Å². The van der Waals surface area contributed by atoms with Gasteiger partial charge in [-0.05, 0) is 24.4 Å². The van der Waals surface area contributed by atoms with Crippen molar-refractivity contribution >= 4 is 11.3 Å². The van der Waals surface area contributed by atoms with E-state index in [1.54, 1.807) is 23.7 Å². The van der Waals surface area contributed by atoms with Crippen molar-refractivity contribution in [1.82, 2.24) is 10.1 Å². The lowest BCUT2D eigenvalue weighted by Gasteiger charge is -2.01. The molecule has 3 aromatic heterocycles. The topological polar surface area (TPSA) is 78.1 Å². The number of nitrogens with two attached hydrogens (primary N) is 1. The Balaban J connectivity index is 1.93. The molecule has 3 heterocycles. The van der Waals surface area contributed by atoms with Gasteiger partial charge >= 0.3 is 0 Å². The average Bonchev–Trinajstić information content (AvgIpc) is 3.09. The molecule has 0 amide bonds. The molecule has 3 rings (SSSR count). The molecule has 0 saturated carbocycles. The summed E-state index contributed by atoms with van der Waals surface area (Å²) in [4.78, 5) is 5.31. The molecule has 6 heteroatoms. The zero-order valence-corrected chi connectivity index (χ0v) is 10.5. The van der Waals surface area contributed by atoms with E-state index in [1.807, 2.05) is 24.4 Å². The van der Waals surface area contributed by atoms with Crippen molar-refractivity contribution < 1.29 is 8.94 Å². The van der Waals surface area contributed by atoms with Crippen molar-refractivity contribution in [3.63, 3.8) is 0 Å². The molecule has 92 valence electrons. The van der Waals surface area contributed by atoms with Crippen LogP contribution >= 0.6 is 11.3 Å². The first-order chi connectivity index (χ1) is 8.75. The normalized spacial score (nSPS) is 12.8. The zero-order valence-electron chi connectivity index (χ0n) is 9.66. The molecule has 5 nitrogen and oxygen atoms in total. The van der Waals surface area contributed by atoms with Crippen molar-refractivity contribution in [2.24, 2.45) is 5.73 Å². The molecule has 0 spiro atoms. The summed E-state index contributed by atoms with van der Waals surface area (Å²) in [5.74, 6) is 1.67. The Morgan fingerprint density at radius 1 is 1.39 bits per heavy atom. The van der Waals surface area contributed by atoms with Crippen LogP contribution in [-0.2, 0) is 0 Å². The van der Waals surface area contributed by atoms with Gasteiger partial charge in [0.2, 0.25) is 11.7 Å². The van der Waals surface area contributed by atoms with Crippen LogP contribution in [0, 0.1) is 6.92 Å². The van der Waals surface area contributed by atoms with Crippen molar-refractivity contribution in [3.8, 4) is 11.4 Å². The highest BCUT2D eigenvalue weighted by molar-refractivity contribution is 7.10. The molecular formula is C12H11N3O2S. The smallest absolute Gasteiger partial charge is 0.249 e. The molecule has 0 aliphatic rings. The molecule has 0 aliphatic heterocycles. The second kappa shape index (κ2) is 4.40. The fraction of sp³-hybridized carbons (Fsp3) is 0.167. The van der Waals surface area contributed by atoms with Gasteiger partial charge in [0, 0.05) is 4.88 Å². The van der Waals surface area contributed by atoms with Crippen molar-refractivity contribution in [2.75, 3.05) is 0 Å². The summed E-state index contributed by atoms with van der Waals surface area (Å²) < 4.78 is 10.4. The van der Waals surface area contributed by atoms with Gasteiger partial charge in [-0.3, -0.25) is 0 Å². The Labute approximate surface area is 107 Å². The van der Waals surface area contributed by atoms with Crippen molar-refractivity contribution in [2.45, 2.75) is 13.0 Å². The minimum Gasteiger partial charge on any atom is -0.469 e. The third-order valence-electron chi connectivity index (χ3n) is 2.66. The monoisotopic (exact) mass is 261 g/mol. The Hall–Kier alpha value is -1.92. The molecule has 1 atom stereocenters. The van der Waals surface area contributed by atoms with Gasteiger partial charge in [-0.2, -0.15) is 4.98 Å². The third-order valence-corrected chi connectivity index (χ3v) is 3.61. The predicted molar refractivity (Wildman–Crippen MR) is 67.1 cm³/mol. The Kier molecular flexibility index (Phi) is 2.73. The number of hydrogen-bond donors (Lipinski definition) is 1.